The summed E-state index contributed by atoms with van der Waals surface area (Å²) in [5, 5.41) is 11.4. The van der Waals surface area contributed by atoms with Gasteiger partial charge in [-0.3, -0.25) is 4.68 Å². The molecule has 0 aliphatic rings. The van der Waals surface area contributed by atoms with Gasteiger partial charge in [0.05, 0.1) is 5.69 Å². The molecule has 114 valence electrons. The zero-order chi connectivity index (χ0) is 15.2. The summed E-state index contributed by atoms with van der Waals surface area (Å²) in [7, 11) is 1.82. The van der Waals surface area contributed by atoms with E-state index in [9.17, 15) is 8.78 Å². The highest BCUT2D eigenvalue weighted by atomic mass is 19.2. The molecule has 1 heterocycles. The minimum Gasteiger partial charge on any atom is -0.313 e. The highest BCUT2D eigenvalue weighted by Gasteiger charge is 2.13. The molecule has 0 aliphatic heterocycles. The fraction of sp³-hybridized carbons (Fsp3) is 0.467. The number of hydrogen-bond donors (Lipinski definition) is 1. The highest BCUT2D eigenvalue weighted by molar-refractivity contribution is 5.19. The van der Waals surface area contributed by atoms with Gasteiger partial charge in [0.15, 0.2) is 11.6 Å². The van der Waals surface area contributed by atoms with Gasteiger partial charge in [0, 0.05) is 25.7 Å². The predicted molar refractivity (Wildman–Crippen MR) is 76.9 cm³/mol. The third-order valence-electron chi connectivity index (χ3n) is 3.25. The van der Waals surface area contributed by atoms with E-state index >= 15 is 0 Å². The number of nitrogens with one attached hydrogen (secondary N) is 1. The van der Waals surface area contributed by atoms with E-state index in [0.29, 0.717) is 12.8 Å². The smallest absolute Gasteiger partial charge is 0.159 e. The van der Waals surface area contributed by atoms with Crippen LogP contribution in [0.5, 0.6) is 0 Å². The van der Waals surface area contributed by atoms with Crippen molar-refractivity contribution in [2.45, 2.75) is 32.2 Å². The standard InChI is InChI=1S/C15H20F2N4/c1-3-6-18-12(9-13-10-21(2)20-19-13)7-11-4-5-14(16)15(17)8-11/h4-5,8,10,12,18H,3,6-7,9H2,1-2H3. The molecule has 1 atom stereocenters. The minimum atomic E-state index is -0.814. The lowest BCUT2D eigenvalue weighted by atomic mass is 10.0. The molecule has 0 aliphatic carbocycles. The number of hydrogen-bond acceptors (Lipinski definition) is 3. The van der Waals surface area contributed by atoms with Crippen LogP contribution in [-0.2, 0) is 19.9 Å². The number of aryl methyl sites for hydroxylation is 1. The van der Waals surface area contributed by atoms with Crippen molar-refractivity contribution in [1.82, 2.24) is 20.3 Å². The Kier molecular flexibility index (Phi) is 5.38. The molecule has 1 unspecified atom stereocenters. The van der Waals surface area contributed by atoms with Crippen LogP contribution < -0.4 is 5.32 Å². The Hall–Kier alpha value is -1.82. The lowest BCUT2D eigenvalue weighted by Crippen LogP contribution is -2.34. The van der Waals surface area contributed by atoms with Gasteiger partial charge >= 0.3 is 0 Å². The van der Waals surface area contributed by atoms with Gasteiger partial charge in [-0.1, -0.05) is 18.2 Å². The lowest BCUT2D eigenvalue weighted by Gasteiger charge is -2.17. The van der Waals surface area contributed by atoms with Crippen LogP contribution in [0.4, 0.5) is 8.78 Å². The predicted octanol–water partition coefficient (Wildman–Crippen LogP) is 2.25. The van der Waals surface area contributed by atoms with Crippen LogP contribution in [0.25, 0.3) is 0 Å². The summed E-state index contributed by atoms with van der Waals surface area (Å²) >= 11 is 0. The molecular formula is C15H20F2N4. The fourth-order valence-electron chi connectivity index (χ4n) is 2.26. The molecule has 0 fully saturated rings. The van der Waals surface area contributed by atoms with Gasteiger partial charge in [-0.15, -0.1) is 5.10 Å². The van der Waals surface area contributed by atoms with E-state index in [0.717, 1.165) is 24.2 Å². The normalized spacial score (nSPS) is 12.6. The molecule has 2 aromatic rings. The molecule has 0 radical (unpaired) electrons. The van der Waals surface area contributed by atoms with Crippen LogP contribution in [0.15, 0.2) is 24.4 Å². The fourth-order valence-corrected chi connectivity index (χ4v) is 2.26. The van der Waals surface area contributed by atoms with Crippen molar-refractivity contribution in [3.8, 4) is 0 Å². The summed E-state index contributed by atoms with van der Waals surface area (Å²) in [5.41, 5.74) is 1.65. The topological polar surface area (TPSA) is 42.7 Å². The molecule has 0 saturated heterocycles. The number of benzene rings is 1. The second-order valence-electron chi connectivity index (χ2n) is 5.19. The van der Waals surface area contributed by atoms with Gasteiger partial charge in [-0.2, -0.15) is 0 Å². The van der Waals surface area contributed by atoms with E-state index in [2.05, 4.69) is 22.6 Å². The first-order valence-electron chi connectivity index (χ1n) is 7.11. The lowest BCUT2D eigenvalue weighted by molar-refractivity contribution is 0.489. The van der Waals surface area contributed by atoms with Crippen molar-refractivity contribution in [2.24, 2.45) is 7.05 Å². The average Bonchev–Trinajstić information content (AvgIpc) is 2.85. The molecule has 1 N–H and O–H groups in total. The molecule has 2 rings (SSSR count). The Labute approximate surface area is 123 Å². The third kappa shape index (κ3) is 4.60. The van der Waals surface area contributed by atoms with Crippen molar-refractivity contribution >= 4 is 0 Å². The maximum Gasteiger partial charge on any atom is 0.159 e. The van der Waals surface area contributed by atoms with Crippen molar-refractivity contribution in [3.63, 3.8) is 0 Å². The van der Waals surface area contributed by atoms with Gasteiger partial charge in [0.25, 0.3) is 0 Å². The molecule has 1 aromatic carbocycles. The van der Waals surface area contributed by atoms with E-state index in [1.54, 1.807) is 10.7 Å². The van der Waals surface area contributed by atoms with E-state index < -0.39 is 11.6 Å². The maximum atomic E-state index is 13.3. The average molecular weight is 294 g/mol. The molecular weight excluding hydrogens is 274 g/mol. The summed E-state index contributed by atoms with van der Waals surface area (Å²) in [4.78, 5) is 0. The molecule has 21 heavy (non-hydrogen) atoms. The van der Waals surface area contributed by atoms with Crippen LogP contribution in [0, 0.1) is 11.6 Å². The quantitative estimate of drug-likeness (QED) is 0.851. The summed E-state index contributed by atoms with van der Waals surface area (Å²) in [6.07, 6.45) is 4.20. The third-order valence-corrected chi connectivity index (χ3v) is 3.25. The van der Waals surface area contributed by atoms with Crippen molar-refractivity contribution in [2.75, 3.05) is 6.54 Å². The summed E-state index contributed by atoms with van der Waals surface area (Å²) < 4.78 is 27.9. The van der Waals surface area contributed by atoms with E-state index in [1.165, 1.54) is 12.1 Å². The monoisotopic (exact) mass is 294 g/mol. The summed E-state index contributed by atoms with van der Waals surface area (Å²) in [6, 6.07) is 4.16. The SMILES string of the molecule is CCCNC(Cc1ccc(F)c(F)c1)Cc1cn(C)nn1. The first-order valence-corrected chi connectivity index (χ1v) is 7.11. The van der Waals surface area contributed by atoms with Crippen molar-refractivity contribution in [3.05, 3.63) is 47.3 Å². The molecule has 0 spiro atoms. The van der Waals surface area contributed by atoms with Gasteiger partial charge in [0.1, 0.15) is 0 Å². The maximum absolute atomic E-state index is 13.3. The van der Waals surface area contributed by atoms with E-state index in [4.69, 9.17) is 0 Å². The Morgan fingerprint density at radius 2 is 2.05 bits per heavy atom. The van der Waals surface area contributed by atoms with Crippen molar-refractivity contribution < 1.29 is 8.78 Å². The number of aromatic nitrogens is 3. The van der Waals surface area contributed by atoms with Gasteiger partial charge < -0.3 is 5.32 Å². The Morgan fingerprint density at radius 1 is 1.24 bits per heavy atom. The van der Waals surface area contributed by atoms with Crippen LogP contribution in [0.1, 0.15) is 24.6 Å². The number of rotatable bonds is 7. The second kappa shape index (κ2) is 7.26. The van der Waals surface area contributed by atoms with Gasteiger partial charge in [-0.25, -0.2) is 8.78 Å². The molecule has 0 bridgehead atoms. The molecule has 0 amide bonds. The highest BCUT2D eigenvalue weighted by Crippen LogP contribution is 2.12. The minimum absolute atomic E-state index is 0.117. The molecule has 6 heteroatoms. The van der Waals surface area contributed by atoms with Crippen LogP contribution in [0.3, 0.4) is 0 Å². The zero-order valence-corrected chi connectivity index (χ0v) is 12.3. The Bertz CT molecular complexity index is 583. The van der Waals surface area contributed by atoms with Gasteiger partial charge in [0.2, 0.25) is 0 Å². The summed E-state index contributed by atoms with van der Waals surface area (Å²) in [5.74, 6) is -1.62. The first-order chi connectivity index (χ1) is 10.1. The van der Waals surface area contributed by atoms with Gasteiger partial charge in [-0.05, 0) is 37.1 Å². The molecule has 4 nitrogen and oxygen atoms in total. The Balaban J connectivity index is 2.06. The van der Waals surface area contributed by atoms with E-state index in [1.807, 2.05) is 13.2 Å². The zero-order valence-electron chi connectivity index (χ0n) is 12.3. The molecule has 1 aromatic heterocycles. The summed E-state index contributed by atoms with van der Waals surface area (Å²) in [6.45, 7) is 2.96. The van der Waals surface area contributed by atoms with E-state index in [-0.39, 0.29) is 6.04 Å². The second-order valence-corrected chi connectivity index (χ2v) is 5.19. The Morgan fingerprint density at radius 3 is 2.67 bits per heavy atom. The van der Waals surface area contributed by atoms with Crippen molar-refractivity contribution in [1.29, 1.82) is 0 Å². The molecule has 0 saturated carbocycles. The number of nitrogens with zero attached hydrogens (tertiary/aromatic N) is 3. The van der Waals surface area contributed by atoms with Crippen LogP contribution >= 0.6 is 0 Å². The van der Waals surface area contributed by atoms with Crippen LogP contribution in [0.2, 0.25) is 0 Å². The largest absolute Gasteiger partial charge is 0.313 e. The first kappa shape index (κ1) is 15.6. The van der Waals surface area contributed by atoms with Crippen LogP contribution in [-0.4, -0.2) is 27.6 Å². The number of halogens is 2.